The zero-order chi connectivity index (χ0) is 4.99. The lowest BCUT2D eigenvalue weighted by Crippen LogP contribution is -1.74. The standard InChI is InChI=1S/C6H11/c1-4-5-6(2)3/h4-6H,2H2,1,3H3/q+1/b5-4-. The molecule has 0 aromatic rings. The molecule has 1 unspecified atom stereocenters. The molecule has 0 aromatic carbocycles. The molecule has 0 rings (SSSR count). The van der Waals surface area contributed by atoms with Crippen LogP contribution < -0.4 is 0 Å². The first-order valence-corrected chi connectivity index (χ1v) is 2.23. The zero-order valence-corrected chi connectivity index (χ0v) is 4.44. The molecule has 0 radical (unpaired) electrons. The summed E-state index contributed by atoms with van der Waals surface area (Å²) in [5.41, 5.74) is 0. The van der Waals surface area contributed by atoms with Crippen molar-refractivity contribution in [2.24, 2.45) is 5.92 Å². The van der Waals surface area contributed by atoms with Crippen LogP contribution in [0, 0.1) is 12.8 Å². The molecule has 0 aliphatic rings. The summed E-state index contributed by atoms with van der Waals surface area (Å²) in [5, 5.41) is 0. The maximum absolute atomic E-state index is 3.74. The van der Waals surface area contributed by atoms with Gasteiger partial charge in [-0.3, -0.25) is 0 Å². The molecule has 0 nitrogen and oxygen atoms in total. The van der Waals surface area contributed by atoms with Gasteiger partial charge in [-0.2, -0.15) is 0 Å². The normalized spacial score (nSPS) is 15.7. The Bertz CT molecular complexity index is 42.0. The Balaban J connectivity index is 3.03. The van der Waals surface area contributed by atoms with Gasteiger partial charge in [-0.1, -0.05) is 6.08 Å². The van der Waals surface area contributed by atoms with Crippen LogP contribution in [-0.4, -0.2) is 0 Å². The van der Waals surface area contributed by atoms with Crippen LogP contribution in [0.1, 0.15) is 13.8 Å². The summed E-state index contributed by atoms with van der Waals surface area (Å²) < 4.78 is 0. The van der Waals surface area contributed by atoms with Gasteiger partial charge >= 0.3 is 0 Å². The maximum atomic E-state index is 3.74. The van der Waals surface area contributed by atoms with E-state index < -0.39 is 0 Å². The van der Waals surface area contributed by atoms with Crippen LogP contribution in [0.2, 0.25) is 0 Å². The molecule has 0 heteroatoms. The van der Waals surface area contributed by atoms with Gasteiger partial charge in [0.05, 0.1) is 6.92 Å². The van der Waals surface area contributed by atoms with Crippen molar-refractivity contribution in [2.45, 2.75) is 13.8 Å². The summed E-state index contributed by atoms with van der Waals surface area (Å²) in [6, 6.07) is 0. The maximum Gasteiger partial charge on any atom is 0.110 e. The second-order valence-electron chi connectivity index (χ2n) is 1.50. The van der Waals surface area contributed by atoms with Crippen molar-refractivity contribution < 1.29 is 0 Å². The Labute approximate surface area is 39.9 Å². The molecule has 34 valence electrons. The third-order valence-electron chi connectivity index (χ3n) is 0.521. The quantitative estimate of drug-likeness (QED) is 0.336. The lowest BCUT2D eigenvalue weighted by atomic mass is 10.2. The van der Waals surface area contributed by atoms with E-state index in [1.165, 1.54) is 0 Å². The average Bonchev–Trinajstić information content (AvgIpc) is 1.35. The van der Waals surface area contributed by atoms with E-state index in [2.05, 4.69) is 19.9 Å². The molecule has 0 heterocycles. The first-order chi connectivity index (χ1) is 2.77. The number of hydrogen-bond donors (Lipinski definition) is 0. The van der Waals surface area contributed by atoms with Crippen LogP contribution >= 0.6 is 0 Å². The van der Waals surface area contributed by atoms with Crippen molar-refractivity contribution in [3.63, 3.8) is 0 Å². The van der Waals surface area contributed by atoms with Crippen LogP contribution in [0.3, 0.4) is 0 Å². The van der Waals surface area contributed by atoms with E-state index in [0.717, 1.165) is 0 Å². The third kappa shape index (κ3) is 3.61. The lowest BCUT2D eigenvalue weighted by molar-refractivity contribution is 0.934. The third-order valence-corrected chi connectivity index (χ3v) is 0.521. The Hall–Kier alpha value is -0.390. The number of rotatable bonds is 1. The Kier molecular flexibility index (Phi) is 2.64. The molecular weight excluding hydrogens is 72.1 g/mol. The van der Waals surface area contributed by atoms with Gasteiger partial charge in [0.15, 0.2) is 0 Å². The van der Waals surface area contributed by atoms with Crippen molar-refractivity contribution in [3.8, 4) is 0 Å². The lowest BCUT2D eigenvalue weighted by Gasteiger charge is -1.78. The van der Waals surface area contributed by atoms with Crippen molar-refractivity contribution in [2.75, 3.05) is 0 Å². The van der Waals surface area contributed by atoms with E-state index in [-0.39, 0.29) is 0 Å². The van der Waals surface area contributed by atoms with Crippen LogP contribution in [0.15, 0.2) is 12.2 Å². The fourth-order valence-electron chi connectivity index (χ4n) is 0.329. The molecule has 0 saturated carbocycles. The highest BCUT2D eigenvalue weighted by molar-refractivity contribution is 4.83. The molecule has 0 amide bonds. The molecule has 0 aliphatic carbocycles. The first-order valence-electron chi connectivity index (χ1n) is 2.23. The molecule has 6 heavy (non-hydrogen) atoms. The number of hydrogen-bond acceptors (Lipinski definition) is 0. The highest BCUT2D eigenvalue weighted by atomic mass is 13.8. The van der Waals surface area contributed by atoms with Gasteiger partial charge in [-0.25, -0.2) is 0 Å². The van der Waals surface area contributed by atoms with Crippen LogP contribution in [-0.2, 0) is 0 Å². The second-order valence-corrected chi connectivity index (χ2v) is 1.50. The van der Waals surface area contributed by atoms with Gasteiger partial charge in [-0.05, 0) is 19.9 Å². The minimum Gasteiger partial charge on any atom is -0.0872 e. The van der Waals surface area contributed by atoms with E-state index in [0.29, 0.717) is 5.92 Å². The molecule has 0 saturated heterocycles. The average molecular weight is 83.2 g/mol. The van der Waals surface area contributed by atoms with Gasteiger partial charge in [0.2, 0.25) is 0 Å². The molecule has 0 fully saturated rings. The monoisotopic (exact) mass is 83.1 g/mol. The summed E-state index contributed by atoms with van der Waals surface area (Å²) in [5.74, 6) is 0.468. The van der Waals surface area contributed by atoms with E-state index in [1.807, 2.05) is 13.0 Å². The van der Waals surface area contributed by atoms with Crippen LogP contribution in [0.25, 0.3) is 0 Å². The molecule has 0 aromatic heterocycles. The second kappa shape index (κ2) is 2.83. The summed E-state index contributed by atoms with van der Waals surface area (Å²) in [4.78, 5) is 0. The minimum atomic E-state index is 0.468. The predicted octanol–water partition coefficient (Wildman–Crippen LogP) is 2.03. The molecule has 0 aliphatic heterocycles. The summed E-state index contributed by atoms with van der Waals surface area (Å²) in [6.45, 7) is 7.80. The van der Waals surface area contributed by atoms with Crippen LogP contribution in [0.4, 0.5) is 0 Å². The van der Waals surface area contributed by atoms with Crippen molar-refractivity contribution >= 4 is 0 Å². The van der Waals surface area contributed by atoms with Gasteiger partial charge in [0, 0.05) is 0 Å². The molecule has 0 bridgehead atoms. The fourth-order valence-corrected chi connectivity index (χ4v) is 0.329. The van der Waals surface area contributed by atoms with Gasteiger partial charge in [0.1, 0.15) is 5.92 Å². The van der Waals surface area contributed by atoms with Crippen molar-refractivity contribution in [3.05, 3.63) is 19.1 Å². The zero-order valence-electron chi connectivity index (χ0n) is 4.44. The van der Waals surface area contributed by atoms with E-state index in [9.17, 15) is 0 Å². The van der Waals surface area contributed by atoms with E-state index in [1.54, 1.807) is 0 Å². The van der Waals surface area contributed by atoms with Crippen molar-refractivity contribution in [1.82, 2.24) is 0 Å². The largest absolute Gasteiger partial charge is 0.110 e. The SMILES string of the molecule is [CH2+]C(C)/C=C\C. The highest BCUT2D eigenvalue weighted by Gasteiger charge is 1.86. The van der Waals surface area contributed by atoms with Gasteiger partial charge in [0.25, 0.3) is 0 Å². The summed E-state index contributed by atoms with van der Waals surface area (Å²) >= 11 is 0. The topological polar surface area (TPSA) is 0 Å². The first kappa shape index (κ1) is 5.61. The van der Waals surface area contributed by atoms with Crippen molar-refractivity contribution in [1.29, 1.82) is 0 Å². The minimum absolute atomic E-state index is 0.468. The summed E-state index contributed by atoms with van der Waals surface area (Å²) in [7, 11) is 0. The Morgan fingerprint density at radius 1 is 1.67 bits per heavy atom. The van der Waals surface area contributed by atoms with Gasteiger partial charge in [-0.15, -0.1) is 0 Å². The van der Waals surface area contributed by atoms with Gasteiger partial charge < -0.3 is 0 Å². The van der Waals surface area contributed by atoms with Crippen LogP contribution in [0.5, 0.6) is 0 Å². The predicted molar refractivity (Wildman–Crippen MR) is 29.3 cm³/mol. The van der Waals surface area contributed by atoms with E-state index >= 15 is 0 Å². The molecular formula is C6H11+. The highest BCUT2D eigenvalue weighted by Crippen LogP contribution is 1.89. The summed E-state index contributed by atoms with van der Waals surface area (Å²) in [6.07, 6.45) is 4.07. The fraction of sp³-hybridized carbons (Fsp3) is 0.500. The molecule has 0 N–H and O–H groups in total. The molecule has 1 atom stereocenters. The van der Waals surface area contributed by atoms with E-state index in [4.69, 9.17) is 0 Å². The number of allylic oxidation sites excluding steroid dienone is 2. The Morgan fingerprint density at radius 3 is 2.17 bits per heavy atom. The smallest absolute Gasteiger partial charge is 0.0872 e. The molecule has 0 spiro atoms. The Morgan fingerprint density at radius 2 is 2.17 bits per heavy atom.